The molecule has 0 aliphatic carbocycles. The van der Waals surface area contributed by atoms with Gasteiger partial charge in [0.05, 0.1) is 11.8 Å². The number of rotatable bonds is 3. The van der Waals surface area contributed by atoms with Gasteiger partial charge < -0.3 is 14.2 Å². The minimum atomic E-state index is 0.0242. The lowest BCUT2D eigenvalue weighted by atomic mass is 10.1. The highest BCUT2D eigenvalue weighted by molar-refractivity contribution is 6.31. The average molecular weight is 255 g/mol. The predicted molar refractivity (Wildman–Crippen MR) is 65.8 cm³/mol. The first-order valence-corrected chi connectivity index (χ1v) is 5.76. The molecular weight excluding hydrogens is 240 g/mol. The Morgan fingerprint density at radius 1 is 1.35 bits per heavy atom. The highest BCUT2D eigenvalue weighted by Crippen LogP contribution is 2.31. The fourth-order valence-electron chi connectivity index (χ4n) is 1.42. The van der Waals surface area contributed by atoms with Gasteiger partial charge in [0.25, 0.3) is 0 Å². The van der Waals surface area contributed by atoms with Crippen LogP contribution in [0, 0.1) is 0 Å². The summed E-state index contributed by atoms with van der Waals surface area (Å²) in [5.41, 5.74) is 1.58. The van der Waals surface area contributed by atoms with Crippen LogP contribution >= 0.6 is 11.6 Å². The summed E-state index contributed by atoms with van der Waals surface area (Å²) in [5.74, 6) is 0.653. The zero-order valence-corrected chi connectivity index (χ0v) is 10.8. The highest BCUT2D eigenvalue weighted by Gasteiger charge is 2.17. The second kappa shape index (κ2) is 4.55. The third kappa shape index (κ3) is 2.90. The van der Waals surface area contributed by atoms with E-state index >= 15 is 0 Å². The number of nitrogens with zero attached hydrogens (tertiary/aromatic N) is 1. The summed E-state index contributed by atoms with van der Waals surface area (Å²) in [6.07, 6.45) is 2.94. The monoisotopic (exact) mass is 254 g/mol. The van der Waals surface area contributed by atoms with Crippen LogP contribution in [0.4, 0.5) is 0 Å². The maximum atomic E-state index is 5.92. The number of hydrogen-bond donors (Lipinski definition) is 1. The molecular formula is C12H15ClN2O2. The van der Waals surface area contributed by atoms with Crippen LogP contribution in [-0.2, 0) is 6.54 Å². The van der Waals surface area contributed by atoms with Gasteiger partial charge in [-0.1, -0.05) is 0 Å². The Bertz CT molecular complexity index is 497. The van der Waals surface area contributed by atoms with Gasteiger partial charge in [0, 0.05) is 12.1 Å². The summed E-state index contributed by atoms with van der Waals surface area (Å²) in [4.78, 5) is 4.19. The van der Waals surface area contributed by atoms with Crippen LogP contribution in [0.3, 0.4) is 0 Å². The van der Waals surface area contributed by atoms with Gasteiger partial charge in [-0.05, 0) is 38.4 Å². The van der Waals surface area contributed by atoms with E-state index in [0.29, 0.717) is 17.5 Å². The van der Waals surface area contributed by atoms with Crippen LogP contribution in [0.5, 0.6) is 0 Å². The van der Waals surface area contributed by atoms with E-state index in [1.54, 1.807) is 6.07 Å². The zero-order chi connectivity index (χ0) is 12.5. The second-order valence-electron chi connectivity index (χ2n) is 4.84. The molecule has 17 heavy (non-hydrogen) atoms. The largest absolute Gasteiger partial charge is 0.452 e. The Hall–Kier alpha value is -1.26. The Balaban J connectivity index is 2.21. The molecule has 0 unspecified atom stereocenters. The molecule has 0 aromatic carbocycles. The molecule has 92 valence electrons. The first-order chi connectivity index (χ1) is 7.97. The van der Waals surface area contributed by atoms with Gasteiger partial charge in [0.15, 0.2) is 12.2 Å². The summed E-state index contributed by atoms with van der Waals surface area (Å²) in [5, 5.41) is 3.67. The maximum Gasteiger partial charge on any atom is 0.204 e. The molecule has 0 atom stereocenters. The van der Waals surface area contributed by atoms with Crippen molar-refractivity contribution in [3.8, 4) is 11.3 Å². The van der Waals surface area contributed by atoms with Crippen molar-refractivity contribution in [3.05, 3.63) is 29.6 Å². The summed E-state index contributed by atoms with van der Waals surface area (Å²) >= 11 is 5.92. The van der Waals surface area contributed by atoms with Crippen LogP contribution in [-0.4, -0.2) is 10.5 Å². The molecule has 2 rings (SSSR count). The normalized spacial score (nSPS) is 12.0. The van der Waals surface area contributed by atoms with Gasteiger partial charge in [-0.2, -0.15) is 0 Å². The van der Waals surface area contributed by atoms with Crippen molar-refractivity contribution < 1.29 is 8.83 Å². The molecule has 1 N–H and O–H groups in total. The number of hydrogen-bond acceptors (Lipinski definition) is 4. The van der Waals surface area contributed by atoms with E-state index in [0.717, 1.165) is 11.3 Å². The molecule has 2 aromatic heterocycles. The summed E-state index contributed by atoms with van der Waals surface area (Å²) in [6, 6.07) is 1.77. The van der Waals surface area contributed by atoms with Gasteiger partial charge in [0.2, 0.25) is 5.22 Å². The predicted octanol–water partition coefficient (Wildman–Crippen LogP) is 3.48. The topological polar surface area (TPSA) is 51.2 Å². The Kier molecular flexibility index (Phi) is 3.26. The molecule has 4 nitrogen and oxygen atoms in total. The molecule has 0 amide bonds. The molecule has 2 aromatic rings. The van der Waals surface area contributed by atoms with Crippen molar-refractivity contribution >= 4 is 11.6 Å². The van der Waals surface area contributed by atoms with Gasteiger partial charge in [-0.25, -0.2) is 4.98 Å². The van der Waals surface area contributed by atoms with Crippen LogP contribution < -0.4 is 5.32 Å². The van der Waals surface area contributed by atoms with E-state index in [9.17, 15) is 0 Å². The lowest BCUT2D eigenvalue weighted by Gasteiger charge is -2.19. The molecule has 0 aliphatic heterocycles. The first kappa shape index (κ1) is 12.2. The molecule has 0 saturated heterocycles. The van der Waals surface area contributed by atoms with E-state index in [1.807, 2.05) is 0 Å². The number of aromatic nitrogens is 1. The Morgan fingerprint density at radius 2 is 2.12 bits per heavy atom. The van der Waals surface area contributed by atoms with E-state index in [1.165, 1.54) is 12.7 Å². The molecule has 0 saturated carbocycles. The zero-order valence-electron chi connectivity index (χ0n) is 10.1. The van der Waals surface area contributed by atoms with Crippen molar-refractivity contribution in [3.63, 3.8) is 0 Å². The Labute approximate surface area is 105 Å². The molecule has 5 heteroatoms. The van der Waals surface area contributed by atoms with E-state index in [-0.39, 0.29) is 5.54 Å². The van der Waals surface area contributed by atoms with Crippen LogP contribution in [0.1, 0.15) is 26.5 Å². The van der Waals surface area contributed by atoms with Crippen LogP contribution in [0.15, 0.2) is 27.6 Å². The first-order valence-electron chi connectivity index (χ1n) is 5.38. The van der Waals surface area contributed by atoms with Gasteiger partial charge in [-0.15, -0.1) is 0 Å². The van der Waals surface area contributed by atoms with Gasteiger partial charge in [-0.3, -0.25) is 0 Å². The fraction of sp³-hybridized carbons (Fsp3) is 0.417. The highest BCUT2D eigenvalue weighted by atomic mass is 35.5. The minimum Gasteiger partial charge on any atom is -0.452 e. The summed E-state index contributed by atoms with van der Waals surface area (Å²) in [7, 11) is 0. The second-order valence-corrected chi connectivity index (χ2v) is 5.18. The smallest absolute Gasteiger partial charge is 0.204 e. The third-order valence-electron chi connectivity index (χ3n) is 2.29. The molecule has 0 radical (unpaired) electrons. The number of oxazole rings is 1. The maximum absolute atomic E-state index is 5.92. The number of furan rings is 1. The standard InChI is InChI=1S/C12H15ClN2O2/c1-12(2,3)15-6-9-10(17-7-14-9)8-4-5-16-11(8)13/h4-5,7,15H,6H2,1-3H3. The molecule has 0 aliphatic rings. The SMILES string of the molecule is CC(C)(C)NCc1ncoc1-c1ccoc1Cl. The molecule has 0 spiro atoms. The van der Waals surface area contributed by atoms with Gasteiger partial charge >= 0.3 is 0 Å². The quantitative estimate of drug-likeness (QED) is 0.911. The lowest BCUT2D eigenvalue weighted by Crippen LogP contribution is -2.35. The van der Waals surface area contributed by atoms with E-state index in [4.69, 9.17) is 20.4 Å². The fourth-order valence-corrected chi connectivity index (χ4v) is 1.62. The summed E-state index contributed by atoms with van der Waals surface area (Å²) < 4.78 is 10.4. The molecule has 0 fully saturated rings. The Morgan fingerprint density at radius 3 is 2.71 bits per heavy atom. The van der Waals surface area contributed by atoms with Crippen molar-refractivity contribution in [1.29, 1.82) is 0 Å². The third-order valence-corrected chi connectivity index (χ3v) is 2.58. The lowest BCUT2D eigenvalue weighted by molar-refractivity contribution is 0.421. The van der Waals surface area contributed by atoms with Gasteiger partial charge in [0.1, 0.15) is 5.69 Å². The van der Waals surface area contributed by atoms with E-state index < -0.39 is 0 Å². The van der Waals surface area contributed by atoms with Crippen molar-refractivity contribution in [2.75, 3.05) is 0 Å². The number of nitrogens with one attached hydrogen (secondary N) is 1. The molecule has 0 bridgehead atoms. The molecule has 2 heterocycles. The average Bonchev–Trinajstić information content (AvgIpc) is 2.81. The summed E-state index contributed by atoms with van der Waals surface area (Å²) in [6.45, 7) is 6.91. The van der Waals surface area contributed by atoms with Crippen LogP contribution in [0.2, 0.25) is 5.22 Å². The van der Waals surface area contributed by atoms with Crippen molar-refractivity contribution in [1.82, 2.24) is 10.3 Å². The number of halogens is 1. The van der Waals surface area contributed by atoms with Crippen molar-refractivity contribution in [2.24, 2.45) is 0 Å². The minimum absolute atomic E-state index is 0.0242. The van der Waals surface area contributed by atoms with Crippen LogP contribution in [0.25, 0.3) is 11.3 Å². The van der Waals surface area contributed by atoms with Crippen molar-refractivity contribution in [2.45, 2.75) is 32.9 Å². The van der Waals surface area contributed by atoms with E-state index in [2.05, 4.69) is 31.1 Å².